The molecule has 0 saturated carbocycles. The SMILES string of the molecule is Brc1cccc(CNc2cnns2)c1. The highest BCUT2D eigenvalue weighted by atomic mass is 79.9. The van der Waals surface area contributed by atoms with Gasteiger partial charge in [0.25, 0.3) is 0 Å². The molecule has 14 heavy (non-hydrogen) atoms. The maximum Gasteiger partial charge on any atom is 0.130 e. The first-order valence-electron chi connectivity index (χ1n) is 4.10. The highest BCUT2D eigenvalue weighted by Crippen LogP contribution is 2.14. The molecule has 0 aliphatic carbocycles. The molecule has 72 valence electrons. The van der Waals surface area contributed by atoms with Gasteiger partial charge in [0.2, 0.25) is 0 Å². The largest absolute Gasteiger partial charge is 0.370 e. The molecule has 1 aromatic carbocycles. The van der Waals surface area contributed by atoms with Crippen LogP contribution in [0.4, 0.5) is 5.00 Å². The number of aromatic nitrogens is 2. The lowest BCUT2D eigenvalue weighted by molar-refractivity contribution is 1.13. The minimum absolute atomic E-state index is 0.795. The smallest absolute Gasteiger partial charge is 0.130 e. The maximum absolute atomic E-state index is 3.77. The van der Waals surface area contributed by atoms with Crippen molar-refractivity contribution < 1.29 is 0 Å². The number of rotatable bonds is 3. The summed E-state index contributed by atoms with van der Waals surface area (Å²) in [6.45, 7) is 0.795. The fraction of sp³-hybridized carbons (Fsp3) is 0.111. The van der Waals surface area contributed by atoms with Gasteiger partial charge in [-0.3, -0.25) is 0 Å². The van der Waals surface area contributed by atoms with Crippen LogP contribution in [0.15, 0.2) is 34.9 Å². The summed E-state index contributed by atoms with van der Waals surface area (Å²) in [6, 6.07) is 8.19. The third-order valence-electron chi connectivity index (χ3n) is 1.72. The lowest BCUT2D eigenvalue weighted by Crippen LogP contribution is -1.96. The van der Waals surface area contributed by atoms with E-state index in [1.807, 2.05) is 12.1 Å². The van der Waals surface area contributed by atoms with Gasteiger partial charge >= 0.3 is 0 Å². The number of nitrogens with zero attached hydrogens (tertiary/aromatic N) is 2. The molecule has 0 aliphatic rings. The molecule has 1 heterocycles. The van der Waals surface area contributed by atoms with Crippen molar-refractivity contribution >= 4 is 32.5 Å². The summed E-state index contributed by atoms with van der Waals surface area (Å²) in [5.74, 6) is 0. The number of benzene rings is 1. The Morgan fingerprint density at radius 3 is 3.07 bits per heavy atom. The zero-order chi connectivity index (χ0) is 9.80. The van der Waals surface area contributed by atoms with Gasteiger partial charge in [-0.15, -0.1) is 5.10 Å². The minimum atomic E-state index is 0.795. The van der Waals surface area contributed by atoms with E-state index in [1.165, 1.54) is 17.1 Å². The topological polar surface area (TPSA) is 37.8 Å². The average molecular weight is 270 g/mol. The van der Waals surface area contributed by atoms with Gasteiger partial charge in [-0.1, -0.05) is 32.6 Å². The van der Waals surface area contributed by atoms with Crippen molar-refractivity contribution in [3.8, 4) is 0 Å². The Bertz CT molecular complexity index is 402. The van der Waals surface area contributed by atoms with Crippen LogP contribution in [0.25, 0.3) is 0 Å². The van der Waals surface area contributed by atoms with Crippen LogP contribution in [-0.2, 0) is 6.54 Å². The van der Waals surface area contributed by atoms with Gasteiger partial charge in [0, 0.05) is 22.5 Å². The molecule has 1 aromatic heterocycles. The van der Waals surface area contributed by atoms with Gasteiger partial charge in [-0.05, 0) is 17.7 Å². The second-order valence-electron chi connectivity index (χ2n) is 2.77. The molecule has 2 aromatic rings. The van der Waals surface area contributed by atoms with E-state index in [0.29, 0.717) is 0 Å². The lowest BCUT2D eigenvalue weighted by Gasteiger charge is -2.02. The van der Waals surface area contributed by atoms with Crippen LogP contribution in [0, 0.1) is 0 Å². The molecule has 2 rings (SSSR count). The van der Waals surface area contributed by atoms with E-state index in [2.05, 4.69) is 43.0 Å². The zero-order valence-corrected chi connectivity index (χ0v) is 9.68. The van der Waals surface area contributed by atoms with E-state index < -0.39 is 0 Å². The molecule has 0 amide bonds. The van der Waals surface area contributed by atoms with Crippen LogP contribution in [0.2, 0.25) is 0 Å². The van der Waals surface area contributed by atoms with E-state index in [0.717, 1.165) is 16.0 Å². The Morgan fingerprint density at radius 2 is 2.36 bits per heavy atom. The summed E-state index contributed by atoms with van der Waals surface area (Å²) in [6.07, 6.45) is 1.72. The molecular weight excluding hydrogens is 262 g/mol. The second-order valence-corrected chi connectivity index (χ2v) is 4.47. The van der Waals surface area contributed by atoms with Crippen molar-refractivity contribution in [1.29, 1.82) is 0 Å². The first kappa shape index (κ1) is 9.61. The number of nitrogens with one attached hydrogen (secondary N) is 1. The van der Waals surface area contributed by atoms with Crippen LogP contribution in [0.5, 0.6) is 0 Å². The summed E-state index contributed by atoms with van der Waals surface area (Å²) < 4.78 is 4.87. The molecule has 0 radical (unpaired) electrons. The molecular formula is C9H8BrN3S. The Kier molecular flexibility index (Phi) is 3.10. The summed E-state index contributed by atoms with van der Waals surface area (Å²) in [4.78, 5) is 0. The minimum Gasteiger partial charge on any atom is -0.370 e. The normalized spacial score (nSPS) is 10.1. The van der Waals surface area contributed by atoms with Crippen LogP contribution in [0.3, 0.4) is 0 Å². The molecule has 0 fully saturated rings. The summed E-state index contributed by atoms with van der Waals surface area (Å²) >= 11 is 4.79. The first-order chi connectivity index (χ1) is 6.84. The van der Waals surface area contributed by atoms with Crippen molar-refractivity contribution in [1.82, 2.24) is 9.59 Å². The average Bonchev–Trinajstić information content (AvgIpc) is 2.67. The molecule has 0 unspecified atom stereocenters. The van der Waals surface area contributed by atoms with E-state index in [-0.39, 0.29) is 0 Å². The maximum atomic E-state index is 3.77. The van der Waals surface area contributed by atoms with Crippen LogP contribution < -0.4 is 5.32 Å². The summed E-state index contributed by atoms with van der Waals surface area (Å²) in [7, 11) is 0. The number of hydrogen-bond acceptors (Lipinski definition) is 4. The Balaban J connectivity index is 1.98. The molecule has 5 heteroatoms. The molecule has 0 saturated heterocycles. The molecule has 1 N–H and O–H groups in total. The Hall–Kier alpha value is -0.940. The number of anilines is 1. The second kappa shape index (κ2) is 4.52. The molecule has 0 bridgehead atoms. The van der Waals surface area contributed by atoms with Crippen molar-refractivity contribution in [2.45, 2.75) is 6.54 Å². The van der Waals surface area contributed by atoms with Crippen molar-refractivity contribution in [3.63, 3.8) is 0 Å². The zero-order valence-electron chi connectivity index (χ0n) is 7.27. The van der Waals surface area contributed by atoms with E-state index in [1.54, 1.807) is 6.20 Å². The molecule has 0 spiro atoms. The third-order valence-corrected chi connectivity index (χ3v) is 2.83. The van der Waals surface area contributed by atoms with Crippen molar-refractivity contribution in [3.05, 3.63) is 40.5 Å². The van der Waals surface area contributed by atoms with Crippen LogP contribution in [-0.4, -0.2) is 9.59 Å². The van der Waals surface area contributed by atoms with Gasteiger partial charge in [-0.2, -0.15) is 0 Å². The van der Waals surface area contributed by atoms with E-state index in [9.17, 15) is 0 Å². The van der Waals surface area contributed by atoms with Gasteiger partial charge in [0.05, 0.1) is 6.20 Å². The monoisotopic (exact) mass is 269 g/mol. The highest BCUT2D eigenvalue weighted by Gasteiger charge is 1.96. The molecule has 0 aliphatic heterocycles. The standard InChI is InChI=1S/C9H8BrN3S/c10-8-3-1-2-7(4-8)5-11-9-6-12-13-14-9/h1-4,6,11H,5H2. The third kappa shape index (κ3) is 2.52. The molecule has 0 atom stereocenters. The van der Waals surface area contributed by atoms with Crippen molar-refractivity contribution in [2.75, 3.05) is 5.32 Å². The summed E-state index contributed by atoms with van der Waals surface area (Å²) in [5, 5.41) is 7.98. The van der Waals surface area contributed by atoms with Gasteiger partial charge in [-0.25, -0.2) is 0 Å². The summed E-state index contributed by atoms with van der Waals surface area (Å²) in [5.41, 5.74) is 1.23. The fourth-order valence-electron chi connectivity index (χ4n) is 1.08. The van der Waals surface area contributed by atoms with Gasteiger partial charge < -0.3 is 5.32 Å². The predicted octanol–water partition coefficient (Wildman–Crippen LogP) is 2.91. The Labute approximate surface area is 94.5 Å². The van der Waals surface area contributed by atoms with Crippen LogP contribution >= 0.6 is 27.5 Å². The highest BCUT2D eigenvalue weighted by molar-refractivity contribution is 9.10. The van der Waals surface area contributed by atoms with Crippen molar-refractivity contribution in [2.24, 2.45) is 0 Å². The van der Waals surface area contributed by atoms with Gasteiger partial charge in [0.15, 0.2) is 0 Å². The molecule has 3 nitrogen and oxygen atoms in total. The fourth-order valence-corrected chi connectivity index (χ4v) is 1.94. The quantitative estimate of drug-likeness (QED) is 0.931. The van der Waals surface area contributed by atoms with E-state index >= 15 is 0 Å². The first-order valence-corrected chi connectivity index (χ1v) is 5.67. The Morgan fingerprint density at radius 1 is 1.43 bits per heavy atom. The number of halogens is 1. The number of hydrogen-bond donors (Lipinski definition) is 1. The van der Waals surface area contributed by atoms with Crippen LogP contribution in [0.1, 0.15) is 5.56 Å². The predicted molar refractivity (Wildman–Crippen MR) is 61.4 cm³/mol. The van der Waals surface area contributed by atoms with Gasteiger partial charge in [0.1, 0.15) is 5.00 Å². The van der Waals surface area contributed by atoms with E-state index in [4.69, 9.17) is 0 Å². The lowest BCUT2D eigenvalue weighted by atomic mass is 10.2.